The Hall–Kier alpha value is -2.08. The molecule has 0 bridgehead atoms. The number of anilines is 1. The summed E-state index contributed by atoms with van der Waals surface area (Å²) in [5.41, 5.74) is 1.68. The molecular weight excluding hydrogens is 284 g/mol. The van der Waals surface area contributed by atoms with Gasteiger partial charge >= 0.3 is 12.0 Å². The first kappa shape index (κ1) is 18.0. The Kier molecular flexibility index (Phi) is 7.39. The van der Waals surface area contributed by atoms with Crippen LogP contribution in [0, 0.1) is 0 Å². The van der Waals surface area contributed by atoms with Crippen molar-refractivity contribution in [3.05, 3.63) is 29.8 Å². The molecule has 0 aromatic heterocycles. The number of rotatable bonds is 5. The van der Waals surface area contributed by atoms with E-state index in [1.807, 2.05) is 38.1 Å². The predicted molar refractivity (Wildman–Crippen MR) is 85.3 cm³/mol. The third-order valence-corrected chi connectivity index (χ3v) is 3.31. The molecule has 6 heteroatoms. The lowest BCUT2D eigenvalue weighted by atomic mass is 10.1. The fourth-order valence-electron chi connectivity index (χ4n) is 2.17. The first-order valence-electron chi connectivity index (χ1n) is 7.51. The highest BCUT2D eigenvalue weighted by atomic mass is 16.5. The van der Waals surface area contributed by atoms with Gasteiger partial charge in [0.2, 0.25) is 0 Å². The smallest absolute Gasteiger partial charge is 0.333 e. The van der Waals surface area contributed by atoms with Crippen LogP contribution in [0.15, 0.2) is 24.3 Å². The molecule has 1 fully saturated rings. The van der Waals surface area contributed by atoms with Crippen molar-refractivity contribution in [2.75, 3.05) is 25.1 Å². The predicted octanol–water partition coefficient (Wildman–Crippen LogP) is 2.27. The van der Waals surface area contributed by atoms with Crippen LogP contribution in [-0.4, -0.2) is 43.4 Å². The van der Waals surface area contributed by atoms with Gasteiger partial charge < -0.3 is 15.2 Å². The van der Waals surface area contributed by atoms with E-state index in [0.717, 1.165) is 17.7 Å². The molecule has 2 N–H and O–H groups in total. The number of hydrogen-bond donors (Lipinski definition) is 2. The van der Waals surface area contributed by atoms with Crippen molar-refractivity contribution in [3.8, 4) is 0 Å². The van der Waals surface area contributed by atoms with Crippen molar-refractivity contribution in [3.63, 3.8) is 0 Å². The molecule has 2 amide bonds. The summed E-state index contributed by atoms with van der Waals surface area (Å²) in [5, 5.41) is 11.7. The molecule has 1 aromatic rings. The Morgan fingerprint density at radius 1 is 1.36 bits per heavy atom. The zero-order chi connectivity index (χ0) is 16.5. The monoisotopic (exact) mass is 308 g/mol. The number of urea groups is 1. The van der Waals surface area contributed by atoms with E-state index in [1.54, 1.807) is 4.90 Å². The van der Waals surface area contributed by atoms with E-state index in [4.69, 9.17) is 9.84 Å². The van der Waals surface area contributed by atoms with Gasteiger partial charge in [-0.25, -0.2) is 9.59 Å². The molecule has 0 saturated carbocycles. The van der Waals surface area contributed by atoms with Gasteiger partial charge in [0, 0.05) is 32.3 Å². The minimum absolute atomic E-state index is 0.0932. The Morgan fingerprint density at radius 3 is 2.50 bits per heavy atom. The van der Waals surface area contributed by atoms with Gasteiger partial charge in [0.25, 0.3) is 0 Å². The zero-order valence-corrected chi connectivity index (χ0v) is 13.3. The van der Waals surface area contributed by atoms with Crippen LogP contribution in [0.25, 0.3) is 0 Å². The highest BCUT2D eigenvalue weighted by Gasteiger charge is 2.20. The van der Waals surface area contributed by atoms with Crippen molar-refractivity contribution in [2.45, 2.75) is 32.8 Å². The van der Waals surface area contributed by atoms with Crippen molar-refractivity contribution in [2.24, 2.45) is 0 Å². The number of ether oxygens (including phenoxy) is 1. The summed E-state index contributed by atoms with van der Waals surface area (Å²) in [6.07, 6.45) is 0.371. The third kappa shape index (κ3) is 4.73. The number of amides is 2. The van der Waals surface area contributed by atoms with Gasteiger partial charge in [0.1, 0.15) is 0 Å². The van der Waals surface area contributed by atoms with E-state index in [0.29, 0.717) is 19.5 Å². The summed E-state index contributed by atoms with van der Waals surface area (Å²) in [5.74, 6) is -0.980. The molecule has 122 valence electrons. The Morgan fingerprint density at radius 2 is 2.00 bits per heavy atom. The molecule has 2 rings (SSSR count). The number of nitrogens with one attached hydrogen (secondary N) is 1. The first-order valence-corrected chi connectivity index (χ1v) is 7.51. The largest absolute Gasteiger partial charge is 0.479 e. The first-order chi connectivity index (χ1) is 10.6. The van der Waals surface area contributed by atoms with Gasteiger partial charge in [-0.1, -0.05) is 26.0 Å². The Balaban J connectivity index is 0.00000116. The van der Waals surface area contributed by atoms with Gasteiger partial charge in [-0.05, 0) is 24.1 Å². The Bertz CT molecular complexity index is 487. The van der Waals surface area contributed by atoms with Gasteiger partial charge in [-0.15, -0.1) is 0 Å². The van der Waals surface area contributed by atoms with Crippen LogP contribution in [0.1, 0.15) is 25.8 Å². The number of benzene rings is 1. The van der Waals surface area contributed by atoms with E-state index < -0.39 is 12.1 Å². The molecule has 1 aliphatic rings. The Labute approximate surface area is 131 Å². The van der Waals surface area contributed by atoms with Crippen molar-refractivity contribution >= 4 is 17.7 Å². The third-order valence-electron chi connectivity index (χ3n) is 3.31. The van der Waals surface area contributed by atoms with Crippen LogP contribution in [0.4, 0.5) is 10.5 Å². The summed E-state index contributed by atoms with van der Waals surface area (Å²) in [6.45, 7) is 5.41. The van der Waals surface area contributed by atoms with Crippen LogP contribution in [0.5, 0.6) is 0 Å². The number of carboxylic acid groups (broad SMARTS) is 1. The molecular formula is C16H24N2O4. The number of aliphatic carboxylic acids is 1. The zero-order valence-electron chi connectivity index (χ0n) is 13.3. The number of methoxy groups -OCH3 is 1. The van der Waals surface area contributed by atoms with E-state index >= 15 is 0 Å². The molecule has 6 nitrogen and oxygen atoms in total. The minimum Gasteiger partial charge on any atom is -0.479 e. The number of hydrogen-bond acceptors (Lipinski definition) is 3. The molecule has 1 heterocycles. The lowest BCUT2D eigenvalue weighted by molar-refractivity contribution is -0.148. The molecule has 1 aliphatic heterocycles. The average molecular weight is 308 g/mol. The maximum Gasteiger partial charge on any atom is 0.333 e. The van der Waals surface area contributed by atoms with Crippen LogP contribution in [0.2, 0.25) is 0 Å². The second-order valence-corrected chi connectivity index (χ2v) is 4.67. The standard InChI is InChI=1S/C14H18N2O4.C2H6/c1-20-12(13(17)18)9-10-3-5-11(6-4-10)16-8-2-7-15-14(16)19;1-2/h3-6,12H,2,7-9H2,1H3,(H,15,19)(H,17,18);1-2H3. The van der Waals surface area contributed by atoms with Crippen LogP contribution in [-0.2, 0) is 16.0 Å². The summed E-state index contributed by atoms with van der Waals surface area (Å²) in [6, 6.07) is 7.21. The van der Waals surface area contributed by atoms with E-state index in [-0.39, 0.29) is 6.03 Å². The fraction of sp³-hybridized carbons (Fsp3) is 0.500. The average Bonchev–Trinajstić information content (AvgIpc) is 2.55. The van der Waals surface area contributed by atoms with Gasteiger partial charge in [0.15, 0.2) is 6.10 Å². The van der Waals surface area contributed by atoms with Crippen LogP contribution in [0.3, 0.4) is 0 Å². The molecule has 0 aliphatic carbocycles. The molecule has 0 spiro atoms. The maximum atomic E-state index is 11.7. The fourth-order valence-corrected chi connectivity index (χ4v) is 2.17. The topological polar surface area (TPSA) is 78.9 Å². The number of carbonyl (C=O) groups excluding carboxylic acids is 1. The van der Waals surface area contributed by atoms with Crippen LogP contribution >= 0.6 is 0 Å². The minimum atomic E-state index is -0.980. The lowest BCUT2D eigenvalue weighted by Gasteiger charge is -2.27. The molecule has 1 unspecified atom stereocenters. The lowest BCUT2D eigenvalue weighted by Crippen LogP contribution is -2.46. The summed E-state index contributed by atoms with van der Waals surface area (Å²) >= 11 is 0. The van der Waals surface area contributed by atoms with Crippen molar-refractivity contribution in [1.29, 1.82) is 0 Å². The normalized spacial score (nSPS) is 15.4. The molecule has 0 radical (unpaired) electrons. The van der Waals surface area contributed by atoms with Crippen molar-refractivity contribution < 1.29 is 19.4 Å². The SMILES string of the molecule is CC.COC(Cc1ccc(N2CCCNC2=O)cc1)C(=O)O. The van der Waals surface area contributed by atoms with E-state index in [1.165, 1.54) is 7.11 Å². The number of carboxylic acids is 1. The van der Waals surface area contributed by atoms with Gasteiger partial charge in [-0.3, -0.25) is 4.90 Å². The summed E-state index contributed by atoms with van der Waals surface area (Å²) < 4.78 is 4.91. The maximum absolute atomic E-state index is 11.7. The van der Waals surface area contributed by atoms with E-state index in [2.05, 4.69) is 5.32 Å². The highest BCUT2D eigenvalue weighted by molar-refractivity contribution is 5.92. The summed E-state index contributed by atoms with van der Waals surface area (Å²) in [4.78, 5) is 24.3. The second-order valence-electron chi connectivity index (χ2n) is 4.67. The highest BCUT2D eigenvalue weighted by Crippen LogP contribution is 2.18. The van der Waals surface area contributed by atoms with Gasteiger partial charge in [-0.2, -0.15) is 0 Å². The van der Waals surface area contributed by atoms with Crippen LogP contribution < -0.4 is 10.2 Å². The summed E-state index contributed by atoms with van der Waals surface area (Å²) in [7, 11) is 1.38. The number of carbonyl (C=O) groups is 2. The molecule has 1 saturated heterocycles. The van der Waals surface area contributed by atoms with Gasteiger partial charge in [0.05, 0.1) is 0 Å². The second kappa shape index (κ2) is 9.04. The quantitative estimate of drug-likeness (QED) is 0.874. The molecule has 22 heavy (non-hydrogen) atoms. The number of nitrogens with zero attached hydrogens (tertiary/aromatic N) is 1. The molecule has 1 atom stereocenters. The van der Waals surface area contributed by atoms with E-state index in [9.17, 15) is 9.59 Å². The van der Waals surface area contributed by atoms with Crippen molar-refractivity contribution in [1.82, 2.24) is 5.32 Å². The molecule has 1 aromatic carbocycles.